The number of amides is 1. The lowest BCUT2D eigenvalue weighted by atomic mass is 10.1. The second-order valence-electron chi connectivity index (χ2n) is 7.13. The van der Waals surface area contributed by atoms with Crippen LogP contribution in [0.4, 0.5) is 0 Å². The van der Waals surface area contributed by atoms with Crippen LogP contribution in [0.2, 0.25) is 0 Å². The number of hydrogen-bond acceptors (Lipinski definition) is 5. The third-order valence-electron chi connectivity index (χ3n) is 5.13. The summed E-state index contributed by atoms with van der Waals surface area (Å²) in [5.41, 5.74) is 0.928. The molecule has 3 rings (SSSR count). The Morgan fingerprint density at radius 1 is 1.31 bits per heavy atom. The number of carbonyl (C=O) groups excluding carboxylic acids is 1. The van der Waals surface area contributed by atoms with Crippen LogP contribution in [0.1, 0.15) is 61.7 Å². The SMILES string of the molecule is Cc1sc2nc(CSC(C)C(=O)NC3CCCCCC3)[nH]c(=O)c2c1C. The van der Waals surface area contributed by atoms with Crippen LogP contribution in [0, 0.1) is 13.8 Å². The molecule has 0 saturated heterocycles. The van der Waals surface area contributed by atoms with Crippen molar-refractivity contribution in [2.45, 2.75) is 76.3 Å². The summed E-state index contributed by atoms with van der Waals surface area (Å²) < 4.78 is 0. The molecule has 2 aromatic heterocycles. The summed E-state index contributed by atoms with van der Waals surface area (Å²) in [6.07, 6.45) is 7.14. The van der Waals surface area contributed by atoms with E-state index in [2.05, 4.69) is 15.3 Å². The molecule has 1 aliphatic carbocycles. The highest BCUT2D eigenvalue weighted by Crippen LogP contribution is 2.26. The van der Waals surface area contributed by atoms with Gasteiger partial charge in [0.2, 0.25) is 5.91 Å². The van der Waals surface area contributed by atoms with Crippen molar-refractivity contribution >= 4 is 39.2 Å². The van der Waals surface area contributed by atoms with Crippen molar-refractivity contribution in [3.8, 4) is 0 Å². The molecule has 1 saturated carbocycles. The van der Waals surface area contributed by atoms with Crippen molar-refractivity contribution in [3.63, 3.8) is 0 Å². The molecule has 0 aliphatic heterocycles. The number of nitrogens with zero attached hydrogens (tertiary/aromatic N) is 1. The van der Waals surface area contributed by atoms with Crippen LogP contribution in [0.5, 0.6) is 0 Å². The maximum Gasteiger partial charge on any atom is 0.259 e. The number of aromatic nitrogens is 2. The molecule has 142 valence electrons. The fourth-order valence-corrected chi connectivity index (χ4v) is 5.20. The van der Waals surface area contributed by atoms with Crippen molar-refractivity contribution in [2.75, 3.05) is 0 Å². The van der Waals surface area contributed by atoms with E-state index < -0.39 is 0 Å². The molecule has 5 nitrogen and oxygen atoms in total. The van der Waals surface area contributed by atoms with Crippen LogP contribution < -0.4 is 10.9 Å². The largest absolute Gasteiger partial charge is 0.352 e. The lowest BCUT2D eigenvalue weighted by Crippen LogP contribution is -2.39. The Morgan fingerprint density at radius 2 is 2.00 bits per heavy atom. The molecule has 2 aromatic rings. The van der Waals surface area contributed by atoms with Gasteiger partial charge in [0.15, 0.2) is 0 Å². The fourth-order valence-electron chi connectivity index (χ4n) is 3.39. The zero-order valence-corrected chi connectivity index (χ0v) is 17.3. The Balaban J connectivity index is 1.60. The van der Waals surface area contributed by atoms with Gasteiger partial charge in [-0.15, -0.1) is 23.1 Å². The smallest absolute Gasteiger partial charge is 0.259 e. The van der Waals surface area contributed by atoms with E-state index in [0.717, 1.165) is 28.1 Å². The molecule has 2 N–H and O–H groups in total. The summed E-state index contributed by atoms with van der Waals surface area (Å²) in [4.78, 5) is 34.2. The Bertz CT molecular complexity index is 835. The van der Waals surface area contributed by atoms with Gasteiger partial charge >= 0.3 is 0 Å². The van der Waals surface area contributed by atoms with Gasteiger partial charge in [-0.2, -0.15) is 0 Å². The molecule has 1 fully saturated rings. The van der Waals surface area contributed by atoms with Gasteiger partial charge in [0.1, 0.15) is 10.7 Å². The second kappa shape index (κ2) is 8.57. The van der Waals surface area contributed by atoms with Gasteiger partial charge in [0, 0.05) is 10.9 Å². The molecule has 26 heavy (non-hydrogen) atoms. The highest BCUT2D eigenvalue weighted by Gasteiger charge is 2.20. The molecule has 0 spiro atoms. The van der Waals surface area contributed by atoms with Crippen molar-refractivity contribution in [3.05, 3.63) is 26.6 Å². The minimum Gasteiger partial charge on any atom is -0.352 e. The Morgan fingerprint density at radius 3 is 2.69 bits per heavy atom. The maximum absolute atomic E-state index is 12.4. The van der Waals surface area contributed by atoms with Gasteiger partial charge in [-0.3, -0.25) is 9.59 Å². The summed E-state index contributed by atoms with van der Waals surface area (Å²) in [5, 5.41) is 3.73. The number of fused-ring (bicyclic) bond motifs is 1. The average Bonchev–Trinajstić information content (AvgIpc) is 2.78. The predicted octanol–water partition coefficient (Wildman–Crippen LogP) is 4.06. The highest BCUT2D eigenvalue weighted by molar-refractivity contribution is 7.99. The normalized spacial score (nSPS) is 17.2. The van der Waals surface area contributed by atoms with Gasteiger partial charge in [-0.05, 0) is 39.2 Å². The molecular weight excluding hydrogens is 366 g/mol. The number of H-pyrrole nitrogens is 1. The third kappa shape index (κ3) is 4.49. The van der Waals surface area contributed by atoms with Crippen LogP contribution >= 0.6 is 23.1 Å². The van der Waals surface area contributed by atoms with Gasteiger partial charge < -0.3 is 10.3 Å². The third-order valence-corrected chi connectivity index (χ3v) is 7.38. The first-order valence-corrected chi connectivity index (χ1v) is 11.2. The van der Waals surface area contributed by atoms with E-state index in [0.29, 0.717) is 23.0 Å². The molecule has 1 unspecified atom stereocenters. The minimum absolute atomic E-state index is 0.0805. The van der Waals surface area contributed by atoms with Gasteiger partial charge in [0.05, 0.1) is 16.4 Å². The lowest BCUT2D eigenvalue weighted by molar-refractivity contribution is -0.121. The summed E-state index contributed by atoms with van der Waals surface area (Å²) in [5.74, 6) is 1.26. The molecule has 1 aliphatic rings. The summed E-state index contributed by atoms with van der Waals surface area (Å²) in [6.45, 7) is 5.89. The van der Waals surface area contributed by atoms with Gasteiger partial charge in [-0.25, -0.2) is 4.98 Å². The van der Waals surface area contributed by atoms with E-state index >= 15 is 0 Å². The number of carbonyl (C=O) groups is 1. The zero-order valence-electron chi connectivity index (χ0n) is 15.7. The van der Waals surface area contributed by atoms with E-state index in [1.54, 1.807) is 11.3 Å². The second-order valence-corrected chi connectivity index (χ2v) is 9.66. The van der Waals surface area contributed by atoms with E-state index in [4.69, 9.17) is 0 Å². The summed E-state index contributed by atoms with van der Waals surface area (Å²) >= 11 is 3.07. The minimum atomic E-state index is -0.161. The van der Waals surface area contributed by atoms with E-state index in [1.807, 2.05) is 20.8 Å². The van der Waals surface area contributed by atoms with Crippen molar-refractivity contribution in [1.29, 1.82) is 0 Å². The predicted molar refractivity (Wildman–Crippen MR) is 110 cm³/mol. The van der Waals surface area contributed by atoms with Crippen molar-refractivity contribution in [1.82, 2.24) is 15.3 Å². The summed E-state index contributed by atoms with van der Waals surface area (Å²) in [6, 6.07) is 0.319. The number of nitrogens with one attached hydrogen (secondary N) is 2. The van der Waals surface area contributed by atoms with Crippen LogP contribution in [0.3, 0.4) is 0 Å². The monoisotopic (exact) mass is 393 g/mol. The van der Waals surface area contributed by atoms with E-state index in [9.17, 15) is 9.59 Å². The number of aromatic amines is 1. The molecule has 0 radical (unpaired) electrons. The summed E-state index contributed by atoms with van der Waals surface area (Å²) in [7, 11) is 0. The number of aryl methyl sites for hydroxylation is 2. The van der Waals surface area contributed by atoms with Crippen LogP contribution in [0.25, 0.3) is 10.2 Å². The zero-order chi connectivity index (χ0) is 18.7. The van der Waals surface area contributed by atoms with Crippen LogP contribution in [0.15, 0.2) is 4.79 Å². The number of rotatable bonds is 5. The Kier molecular flexibility index (Phi) is 6.40. The molecule has 0 aromatic carbocycles. The lowest BCUT2D eigenvalue weighted by Gasteiger charge is -2.19. The van der Waals surface area contributed by atoms with Crippen LogP contribution in [-0.2, 0) is 10.5 Å². The maximum atomic E-state index is 12.4. The molecule has 0 bridgehead atoms. The number of thiophene rings is 1. The average molecular weight is 394 g/mol. The molecule has 1 amide bonds. The number of hydrogen-bond donors (Lipinski definition) is 2. The highest BCUT2D eigenvalue weighted by atomic mass is 32.2. The Hall–Kier alpha value is -1.34. The van der Waals surface area contributed by atoms with E-state index in [1.165, 1.54) is 37.4 Å². The van der Waals surface area contributed by atoms with Crippen molar-refractivity contribution in [2.24, 2.45) is 0 Å². The Labute approximate surface area is 162 Å². The quantitative estimate of drug-likeness (QED) is 0.751. The molecular formula is C19H27N3O2S2. The number of thioether (sulfide) groups is 1. The van der Waals surface area contributed by atoms with Crippen LogP contribution in [-0.4, -0.2) is 27.2 Å². The van der Waals surface area contributed by atoms with E-state index in [-0.39, 0.29) is 16.7 Å². The first-order valence-electron chi connectivity index (χ1n) is 9.36. The molecule has 2 heterocycles. The van der Waals surface area contributed by atoms with Crippen molar-refractivity contribution < 1.29 is 4.79 Å². The molecule has 1 atom stereocenters. The first-order chi connectivity index (χ1) is 12.5. The first kappa shape index (κ1) is 19.4. The van der Waals surface area contributed by atoms with Gasteiger partial charge in [-0.1, -0.05) is 25.7 Å². The standard InChI is InChI=1S/C19H27N3O2S2/c1-11-12(2)26-19-16(11)18(24)21-15(22-19)10-25-13(3)17(23)20-14-8-6-4-5-7-9-14/h13-14H,4-10H2,1-3H3,(H,20,23)(H,21,22,24). The molecule has 7 heteroatoms. The fraction of sp³-hybridized carbons (Fsp3) is 0.632. The topological polar surface area (TPSA) is 74.8 Å². The van der Waals surface area contributed by atoms with Gasteiger partial charge in [0.25, 0.3) is 5.56 Å².